The molecule has 2 aromatic heterocycles. The summed E-state index contributed by atoms with van der Waals surface area (Å²) in [5.74, 6) is 0. The Morgan fingerprint density at radius 1 is 0.357 bits per heavy atom. The van der Waals surface area contributed by atoms with Gasteiger partial charge in [0.1, 0.15) is 0 Å². The maximum atomic E-state index is 6.23. The minimum Gasteiger partial charge on any atom is -0.257 e. The van der Waals surface area contributed by atoms with Crippen LogP contribution in [-0.2, 0) is 0 Å². The van der Waals surface area contributed by atoms with Gasteiger partial charge in [-0.25, -0.2) is 0 Å². The summed E-state index contributed by atoms with van der Waals surface area (Å²) in [5.41, 5.74) is 8.88. The number of benzene rings is 2. The van der Waals surface area contributed by atoms with Crippen LogP contribution < -0.4 is 0 Å². The number of pyridine rings is 2. The second-order valence-electron chi connectivity index (χ2n) is 23.3. The highest BCUT2D eigenvalue weighted by Crippen LogP contribution is 2.74. The van der Waals surface area contributed by atoms with Crippen molar-refractivity contribution >= 4 is 64.3 Å². The van der Waals surface area contributed by atoms with E-state index in [2.05, 4.69) is 215 Å². The summed E-state index contributed by atoms with van der Waals surface area (Å²) in [6.45, 7) is 48.3. The van der Waals surface area contributed by atoms with Gasteiger partial charge in [0.2, 0.25) is 0 Å². The molecule has 56 heavy (non-hydrogen) atoms. The molecule has 0 saturated heterocycles. The van der Waals surface area contributed by atoms with Gasteiger partial charge in [-0.3, -0.25) is 9.97 Å². The fraction of sp³-hybridized carbons (Fsp3) is 0.522. The molecule has 4 bridgehead atoms. The standard InChI is InChI=1S/C46H76N2P2Si6/c1-51(2,3)43-39-33-26-34-40(48-39)44(52(4,5)6)50(46(55(13,14)15)56(16,17)18)42(36-29-23-20-24-30-36)38-32-25-31-37(47-38)41(35-27-21-19-22-28-35)49(43)45(53(7,8)9)54(10,11)12/h19-34,41-46H,1-18H3. The Morgan fingerprint density at radius 3 is 0.893 bits per heavy atom. The molecule has 0 saturated carbocycles. The highest BCUT2D eigenvalue weighted by Gasteiger charge is 2.55. The summed E-state index contributed by atoms with van der Waals surface area (Å²) in [7, 11) is -11.9. The third-order valence-corrected chi connectivity index (χ3v) is 57.0. The Morgan fingerprint density at radius 2 is 0.625 bits per heavy atom. The second kappa shape index (κ2) is 16.7. The van der Waals surface area contributed by atoms with Crippen molar-refractivity contribution in [1.82, 2.24) is 9.97 Å². The smallest absolute Gasteiger partial charge is 0.0592 e. The first-order chi connectivity index (χ1) is 25.6. The molecule has 2 aromatic carbocycles. The Hall–Kier alpha value is -1.10. The molecule has 0 aliphatic carbocycles. The normalized spacial score (nSPS) is 23.1. The van der Waals surface area contributed by atoms with Crippen LogP contribution in [-0.4, -0.2) is 68.2 Å². The number of nitrogens with zero attached hydrogens (tertiary/aromatic N) is 2. The summed E-state index contributed by atoms with van der Waals surface area (Å²) >= 11 is 0. The van der Waals surface area contributed by atoms with Crippen molar-refractivity contribution in [3.8, 4) is 0 Å². The van der Waals surface area contributed by atoms with Crippen molar-refractivity contribution in [1.29, 1.82) is 0 Å². The molecule has 6 atom stereocenters. The molecule has 5 rings (SSSR count). The van der Waals surface area contributed by atoms with Crippen LogP contribution in [0.15, 0.2) is 97.1 Å². The van der Waals surface area contributed by atoms with Crippen LogP contribution in [0.25, 0.3) is 0 Å². The molecule has 1 aliphatic rings. The highest BCUT2D eigenvalue weighted by molar-refractivity contribution is 7.69. The number of aromatic nitrogens is 2. The molecule has 0 N–H and O–H groups in total. The highest BCUT2D eigenvalue weighted by atomic mass is 31.1. The summed E-state index contributed by atoms with van der Waals surface area (Å²) in [5, 5.41) is 0.915. The Balaban J connectivity index is 2.08. The molecule has 10 heteroatoms. The van der Waals surface area contributed by atoms with Crippen LogP contribution in [0, 0.1) is 0 Å². The van der Waals surface area contributed by atoms with Crippen LogP contribution in [0.2, 0.25) is 118 Å². The van der Waals surface area contributed by atoms with Crippen LogP contribution in [0.1, 0.15) is 55.8 Å². The van der Waals surface area contributed by atoms with Gasteiger partial charge in [-0.15, -0.1) is 0 Å². The number of rotatable bonds is 10. The zero-order valence-corrected chi connectivity index (χ0v) is 46.3. The Kier molecular flexibility index (Phi) is 13.8. The minimum atomic E-state index is -1.89. The lowest BCUT2D eigenvalue weighted by Crippen LogP contribution is -2.55. The van der Waals surface area contributed by atoms with Gasteiger partial charge in [-0.05, 0) is 45.2 Å². The van der Waals surface area contributed by atoms with Crippen molar-refractivity contribution < 1.29 is 0 Å². The molecule has 304 valence electrons. The van der Waals surface area contributed by atoms with Crippen molar-refractivity contribution in [2.75, 3.05) is 0 Å². The van der Waals surface area contributed by atoms with Gasteiger partial charge in [-0.1, -0.05) is 206 Å². The van der Waals surface area contributed by atoms with E-state index in [1.807, 2.05) is 0 Å². The molecule has 4 aromatic rings. The van der Waals surface area contributed by atoms with E-state index in [0.29, 0.717) is 10.6 Å². The van der Waals surface area contributed by atoms with Crippen molar-refractivity contribution in [3.63, 3.8) is 0 Å². The maximum absolute atomic E-state index is 6.23. The first-order valence-corrected chi connectivity index (χ1v) is 45.8. The quantitative estimate of drug-likeness (QED) is 0.117. The largest absolute Gasteiger partial charge is 0.257 e. The van der Waals surface area contributed by atoms with E-state index in [9.17, 15) is 0 Å². The number of hydrogen-bond acceptors (Lipinski definition) is 2. The third kappa shape index (κ3) is 10.1. The summed E-state index contributed by atoms with van der Waals surface area (Å²) in [6, 6.07) is 38.2. The molecule has 0 fully saturated rings. The number of hydrogen-bond donors (Lipinski definition) is 0. The van der Waals surface area contributed by atoms with E-state index in [4.69, 9.17) is 9.97 Å². The summed E-state index contributed by atoms with van der Waals surface area (Å²) in [6.07, 6.45) is 0. The zero-order chi connectivity index (χ0) is 41.8. The van der Waals surface area contributed by atoms with Gasteiger partial charge in [0, 0.05) is 65.6 Å². The first-order valence-electron chi connectivity index (χ1n) is 21.2. The lowest BCUT2D eigenvalue weighted by molar-refractivity contribution is 0.921. The second-order valence-corrected chi connectivity index (χ2v) is 64.1. The van der Waals surface area contributed by atoms with Crippen LogP contribution >= 0.6 is 15.8 Å². The average molecular weight is 888 g/mol. The topological polar surface area (TPSA) is 25.8 Å². The first kappa shape index (κ1) is 46.0. The minimum absolute atomic E-state index is 0.247. The maximum Gasteiger partial charge on any atom is 0.0592 e. The fourth-order valence-corrected chi connectivity index (χ4v) is 67.3. The van der Waals surface area contributed by atoms with Crippen molar-refractivity contribution in [3.05, 3.63) is 131 Å². The van der Waals surface area contributed by atoms with E-state index in [1.165, 1.54) is 33.9 Å². The van der Waals surface area contributed by atoms with Gasteiger partial charge < -0.3 is 0 Å². The molecule has 6 unspecified atom stereocenters. The molecule has 0 spiro atoms. The summed E-state index contributed by atoms with van der Waals surface area (Å²) < 4.78 is 0. The van der Waals surface area contributed by atoms with E-state index in [1.54, 1.807) is 0 Å². The molecule has 1 aliphatic heterocycles. The molecule has 0 radical (unpaired) electrons. The third-order valence-electron chi connectivity index (χ3n) is 11.6. The summed E-state index contributed by atoms with van der Waals surface area (Å²) in [4.78, 5) is 13.9. The zero-order valence-electron chi connectivity index (χ0n) is 38.5. The molecule has 2 nitrogen and oxygen atoms in total. The van der Waals surface area contributed by atoms with Crippen LogP contribution in [0.3, 0.4) is 0 Å². The fourth-order valence-electron chi connectivity index (χ4n) is 11.2. The molecule has 3 heterocycles. The van der Waals surface area contributed by atoms with E-state index in [-0.39, 0.29) is 11.3 Å². The van der Waals surface area contributed by atoms with Crippen molar-refractivity contribution in [2.24, 2.45) is 0 Å². The van der Waals surface area contributed by atoms with Crippen LogP contribution in [0.5, 0.6) is 0 Å². The monoisotopic (exact) mass is 886 g/mol. The molecular weight excluding hydrogens is 811 g/mol. The number of fused-ring (bicyclic) bond motifs is 4. The van der Waals surface area contributed by atoms with Gasteiger partial charge in [0.15, 0.2) is 0 Å². The lowest BCUT2D eigenvalue weighted by Gasteiger charge is -2.54. The average Bonchev–Trinajstić information content (AvgIpc) is 3.02. The van der Waals surface area contributed by atoms with E-state index < -0.39 is 64.3 Å². The van der Waals surface area contributed by atoms with Crippen molar-refractivity contribution in [2.45, 2.75) is 150 Å². The van der Waals surface area contributed by atoms with Gasteiger partial charge in [0.25, 0.3) is 0 Å². The Labute approximate surface area is 352 Å². The van der Waals surface area contributed by atoms with E-state index >= 15 is 0 Å². The van der Waals surface area contributed by atoms with E-state index in [0.717, 1.165) is 9.81 Å². The lowest BCUT2D eigenvalue weighted by atomic mass is 10.1. The molecule has 0 amide bonds. The predicted molar refractivity (Wildman–Crippen MR) is 272 cm³/mol. The molecular formula is C46H76N2P2Si6. The van der Waals surface area contributed by atoms with Gasteiger partial charge >= 0.3 is 0 Å². The SMILES string of the molecule is C[Si](C)(C)C1c2cccc(n2)C([Si](C)(C)C)P(C([Si](C)(C)C)[Si](C)(C)C)C(c2ccccc2)c2cccc(n2)C(c2ccccc2)P1C([Si](C)(C)C)[Si](C)(C)C. The van der Waals surface area contributed by atoms with Gasteiger partial charge in [0.05, 0.1) is 27.5 Å². The van der Waals surface area contributed by atoms with Crippen LogP contribution in [0.4, 0.5) is 0 Å². The predicted octanol–water partition coefficient (Wildman–Crippen LogP) is 15.4. The van der Waals surface area contributed by atoms with Gasteiger partial charge in [-0.2, -0.15) is 0 Å². The Bertz CT molecular complexity index is 1760.